The lowest BCUT2D eigenvalue weighted by Gasteiger charge is -2.16. The second-order valence-electron chi connectivity index (χ2n) is 3.94. The molecule has 1 atom stereocenters. The van der Waals surface area contributed by atoms with Gasteiger partial charge in [-0.2, -0.15) is 0 Å². The van der Waals surface area contributed by atoms with Crippen molar-refractivity contribution < 1.29 is 0 Å². The van der Waals surface area contributed by atoms with Crippen LogP contribution in [-0.4, -0.2) is 0 Å². The maximum absolute atomic E-state index is 6.12. The second-order valence-corrected chi connectivity index (χ2v) is 3.94. The van der Waals surface area contributed by atoms with Gasteiger partial charge in [0.2, 0.25) is 0 Å². The topological polar surface area (TPSA) is 52.0 Å². The third-order valence-electron chi connectivity index (χ3n) is 2.82. The number of hydrogen-bond donors (Lipinski definition) is 2. The van der Waals surface area contributed by atoms with Crippen LogP contribution in [0.1, 0.15) is 30.0 Å². The first-order valence-electron chi connectivity index (χ1n) is 4.80. The Labute approximate surface area is 78.9 Å². The molecule has 1 saturated carbocycles. The molecule has 2 nitrogen and oxygen atoms in total. The van der Waals surface area contributed by atoms with Gasteiger partial charge in [0, 0.05) is 11.7 Å². The van der Waals surface area contributed by atoms with E-state index < -0.39 is 0 Å². The van der Waals surface area contributed by atoms with Crippen LogP contribution in [0.4, 0.5) is 5.69 Å². The molecule has 0 heterocycles. The Bertz CT molecular complexity index is 296. The van der Waals surface area contributed by atoms with Gasteiger partial charge < -0.3 is 11.5 Å². The van der Waals surface area contributed by atoms with E-state index in [0.29, 0.717) is 5.92 Å². The summed E-state index contributed by atoms with van der Waals surface area (Å²) in [7, 11) is 0. The normalized spacial score (nSPS) is 18.6. The van der Waals surface area contributed by atoms with E-state index in [1.807, 2.05) is 12.1 Å². The van der Waals surface area contributed by atoms with Gasteiger partial charge in [-0.15, -0.1) is 0 Å². The zero-order chi connectivity index (χ0) is 9.42. The lowest BCUT2D eigenvalue weighted by atomic mass is 9.97. The Balaban J connectivity index is 2.36. The largest absolute Gasteiger partial charge is 0.398 e. The number of aryl methyl sites for hydroxylation is 1. The molecule has 0 aromatic heterocycles. The van der Waals surface area contributed by atoms with Crippen molar-refractivity contribution in [1.82, 2.24) is 0 Å². The molecule has 2 heteroatoms. The minimum atomic E-state index is 0.154. The van der Waals surface area contributed by atoms with Crippen LogP contribution in [-0.2, 0) is 0 Å². The van der Waals surface area contributed by atoms with E-state index in [-0.39, 0.29) is 6.04 Å². The van der Waals surface area contributed by atoms with Crippen molar-refractivity contribution in [3.8, 4) is 0 Å². The summed E-state index contributed by atoms with van der Waals surface area (Å²) < 4.78 is 0. The van der Waals surface area contributed by atoms with E-state index in [1.165, 1.54) is 18.4 Å². The van der Waals surface area contributed by atoms with Gasteiger partial charge in [0.05, 0.1) is 0 Å². The summed E-state index contributed by atoms with van der Waals surface area (Å²) in [6.45, 7) is 2.08. The number of nitrogen functional groups attached to an aromatic ring is 1. The fourth-order valence-electron chi connectivity index (χ4n) is 1.85. The molecule has 70 valence electrons. The third-order valence-corrected chi connectivity index (χ3v) is 2.82. The van der Waals surface area contributed by atoms with Crippen molar-refractivity contribution >= 4 is 5.69 Å². The highest BCUT2D eigenvalue weighted by atomic mass is 14.7. The maximum Gasteiger partial charge on any atom is 0.0365 e. The van der Waals surface area contributed by atoms with Crippen molar-refractivity contribution in [3.05, 3.63) is 29.3 Å². The molecule has 2 rings (SSSR count). The molecule has 1 aromatic rings. The lowest BCUT2D eigenvalue weighted by Crippen LogP contribution is -2.15. The van der Waals surface area contributed by atoms with Gasteiger partial charge in [0.25, 0.3) is 0 Å². The molecule has 0 bridgehead atoms. The van der Waals surface area contributed by atoms with Crippen LogP contribution in [0.2, 0.25) is 0 Å². The third kappa shape index (κ3) is 1.54. The molecule has 0 radical (unpaired) electrons. The summed E-state index contributed by atoms with van der Waals surface area (Å²) in [5.74, 6) is 0.670. The fourth-order valence-corrected chi connectivity index (χ4v) is 1.85. The van der Waals surface area contributed by atoms with Crippen molar-refractivity contribution in [3.63, 3.8) is 0 Å². The van der Waals surface area contributed by atoms with Gasteiger partial charge in [0.1, 0.15) is 0 Å². The smallest absolute Gasteiger partial charge is 0.0365 e. The molecule has 1 aliphatic carbocycles. The monoisotopic (exact) mass is 176 g/mol. The van der Waals surface area contributed by atoms with Gasteiger partial charge in [-0.25, -0.2) is 0 Å². The van der Waals surface area contributed by atoms with Crippen LogP contribution in [0.25, 0.3) is 0 Å². The van der Waals surface area contributed by atoms with Crippen LogP contribution in [0.5, 0.6) is 0 Å². The first-order valence-corrected chi connectivity index (χ1v) is 4.80. The standard InChI is InChI=1S/C11H16N2/c1-7-3-2-4-9(12)10(7)11(13)8-5-6-8/h2-4,8,11H,5-6,12-13H2,1H3/t11-/m0/s1. The van der Waals surface area contributed by atoms with E-state index in [1.54, 1.807) is 0 Å². The highest BCUT2D eigenvalue weighted by Gasteiger charge is 2.31. The van der Waals surface area contributed by atoms with Crippen LogP contribution < -0.4 is 11.5 Å². The Morgan fingerprint density at radius 3 is 2.62 bits per heavy atom. The summed E-state index contributed by atoms with van der Waals surface area (Å²) in [5, 5.41) is 0. The molecule has 1 fully saturated rings. The quantitative estimate of drug-likeness (QED) is 0.677. The van der Waals surface area contributed by atoms with E-state index >= 15 is 0 Å². The van der Waals surface area contributed by atoms with Crippen LogP contribution in [0, 0.1) is 12.8 Å². The van der Waals surface area contributed by atoms with Crippen LogP contribution in [0.3, 0.4) is 0 Å². The summed E-state index contributed by atoms with van der Waals surface area (Å²) >= 11 is 0. The molecule has 0 unspecified atom stereocenters. The van der Waals surface area contributed by atoms with Crippen molar-refractivity contribution in [1.29, 1.82) is 0 Å². The summed E-state index contributed by atoms with van der Waals surface area (Å²) in [6, 6.07) is 6.15. The van der Waals surface area contributed by atoms with Crippen LogP contribution >= 0.6 is 0 Å². The molecule has 0 amide bonds. The first kappa shape index (κ1) is 8.57. The number of nitrogens with two attached hydrogens (primary N) is 2. The molecule has 13 heavy (non-hydrogen) atoms. The van der Waals surface area contributed by atoms with Crippen LogP contribution in [0.15, 0.2) is 18.2 Å². The average molecular weight is 176 g/mol. The zero-order valence-electron chi connectivity index (χ0n) is 7.96. The number of benzene rings is 1. The predicted octanol–water partition coefficient (Wildman–Crippen LogP) is 1.99. The molecule has 4 N–H and O–H groups in total. The molecule has 0 saturated heterocycles. The molecule has 0 aliphatic heterocycles. The molecular weight excluding hydrogens is 160 g/mol. The fraction of sp³-hybridized carbons (Fsp3) is 0.455. The number of rotatable bonds is 2. The Morgan fingerprint density at radius 2 is 2.08 bits per heavy atom. The van der Waals surface area contributed by atoms with Crippen molar-refractivity contribution in [2.75, 3.05) is 5.73 Å². The Morgan fingerprint density at radius 1 is 1.38 bits per heavy atom. The molecular formula is C11H16N2. The number of hydrogen-bond acceptors (Lipinski definition) is 2. The highest BCUT2D eigenvalue weighted by molar-refractivity contribution is 5.52. The second kappa shape index (κ2) is 3.04. The predicted molar refractivity (Wildman–Crippen MR) is 55.2 cm³/mol. The van der Waals surface area contributed by atoms with Gasteiger partial charge in [-0.3, -0.25) is 0 Å². The summed E-state index contributed by atoms with van der Waals surface area (Å²) in [6.07, 6.45) is 2.52. The van der Waals surface area contributed by atoms with Gasteiger partial charge in [0.15, 0.2) is 0 Å². The van der Waals surface area contributed by atoms with E-state index in [2.05, 4.69) is 13.0 Å². The van der Waals surface area contributed by atoms with Gasteiger partial charge >= 0.3 is 0 Å². The van der Waals surface area contributed by atoms with Crippen molar-refractivity contribution in [2.45, 2.75) is 25.8 Å². The molecule has 1 aliphatic rings. The van der Waals surface area contributed by atoms with Crippen molar-refractivity contribution in [2.24, 2.45) is 11.7 Å². The minimum absolute atomic E-state index is 0.154. The van der Waals surface area contributed by atoms with Gasteiger partial charge in [-0.1, -0.05) is 12.1 Å². The minimum Gasteiger partial charge on any atom is -0.398 e. The molecule has 0 spiro atoms. The zero-order valence-corrected chi connectivity index (χ0v) is 7.96. The molecule has 1 aromatic carbocycles. The SMILES string of the molecule is Cc1cccc(N)c1[C@@H](N)C1CC1. The number of anilines is 1. The van der Waals surface area contributed by atoms with E-state index in [0.717, 1.165) is 11.3 Å². The lowest BCUT2D eigenvalue weighted by molar-refractivity contribution is 0.632. The summed E-state index contributed by atoms with van der Waals surface area (Å²) in [4.78, 5) is 0. The summed E-state index contributed by atoms with van der Waals surface area (Å²) in [5.41, 5.74) is 15.3. The van der Waals surface area contributed by atoms with Gasteiger partial charge in [-0.05, 0) is 42.9 Å². The Kier molecular flexibility index (Phi) is 2.00. The maximum atomic E-state index is 6.12. The average Bonchev–Trinajstić information content (AvgIpc) is 2.85. The first-order chi connectivity index (χ1) is 6.20. The highest BCUT2D eigenvalue weighted by Crippen LogP contribution is 2.41. The Hall–Kier alpha value is -1.02. The van der Waals surface area contributed by atoms with E-state index in [9.17, 15) is 0 Å². The van der Waals surface area contributed by atoms with E-state index in [4.69, 9.17) is 11.5 Å².